The molecule has 3 heterocycles. The molecule has 0 fully saturated rings. The molecule has 4 nitrogen and oxygen atoms in total. The molecule has 0 radical (unpaired) electrons. The Morgan fingerprint density at radius 2 is 0.632 bits per heavy atom. The van der Waals surface area contributed by atoms with Crippen molar-refractivity contribution in [2.45, 2.75) is 0 Å². The Balaban J connectivity index is 0.976. The molecular formula is C64H42N4. The predicted octanol–water partition coefficient (Wildman–Crippen LogP) is 16.7. The van der Waals surface area contributed by atoms with Gasteiger partial charge in [-0.3, -0.25) is 0 Å². The van der Waals surface area contributed by atoms with Gasteiger partial charge in [-0.2, -0.15) is 0 Å². The van der Waals surface area contributed by atoms with E-state index in [4.69, 9.17) is 9.97 Å². The molecule has 13 rings (SSSR count). The number of fused-ring (bicyclic) bond motifs is 6. The van der Waals surface area contributed by atoms with Gasteiger partial charge in [0.1, 0.15) is 0 Å². The maximum atomic E-state index is 5.19. The third-order valence-corrected chi connectivity index (χ3v) is 13.3. The number of aromatic nitrogens is 4. The second-order valence-electron chi connectivity index (χ2n) is 17.4. The van der Waals surface area contributed by atoms with Gasteiger partial charge < -0.3 is 9.13 Å². The number of para-hydroxylation sites is 2. The number of hydrogen-bond donors (Lipinski definition) is 0. The van der Waals surface area contributed by atoms with Gasteiger partial charge in [0.2, 0.25) is 0 Å². The summed E-state index contributed by atoms with van der Waals surface area (Å²) >= 11 is 0. The van der Waals surface area contributed by atoms with E-state index in [1.807, 2.05) is 24.3 Å². The Labute approximate surface area is 394 Å². The van der Waals surface area contributed by atoms with Crippen LogP contribution in [-0.4, -0.2) is 19.1 Å². The standard InChI is InChI=1S/C64H42N4/c1-5-18-43(19-6-1)50-36-51(44-20-7-2-8-21-44)39-53(38-50)68-61-31-16-14-29-55(61)57-35-33-48(41-63(57)68)47-32-34-56-54-28-13-15-30-60(54)67(62(56)40-47)52-27-17-26-49(37-52)59-42-58(45-22-9-3-10-23-45)65-64(66-59)46-24-11-4-12-25-46/h1-42H. The molecule has 0 atom stereocenters. The van der Waals surface area contributed by atoms with Gasteiger partial charge in [-0.1, -0.05) is 194 Å². The minimum absolute atomic E-state index is 0.699. The van der Waals surface area contributed by atoms with Gasteiger partial charge in [0.05, 0.1) is 33.5 Å². The maximum Gasteiger partial charge on any atom is 0.160 e. The molecule has 0 unspecified atom stereocenters. The van der Waals surface area contributed by atoms with Crippen molar-refractivity contribution in [2.75, 3.05) is 0 Å². The van der Waals surface area contributed by atoms with Crippen LogP contribution in [0.1, 0.15) is 0 Å². The Kier molecular flexibility index (Phi) is 9.47. The van der Waals surface area contributed by atoms with E-state index in [9.17, 15) is 0 Å². The molecule has 0 aliphatic carbocycles. The second kappa shape index (κ2) is 16.4. The quantitative estimate of drug-likeness (QED) is 0.153. The van der Waals surface area contributed by atoms with Crippen LogP contribution >= 0.6 is 0 Å². The van der Waals surface area contributed by atoms with Crippen LogP contribution in [0.5, 0.6) is 0 Å². The Morgan fingerprint density at radius 3 is 1.18 bits per heavy atom. The van der Waals surface area contributed by atoms with Crippen molar-refractivity contribution in [1.82, 2.24) is 19.1 Å². The molecule has 0 saturated carbocycles. The smallest absolute Gasteiger partial charge is 0.160 e. The van der Waals surface area contributed by atoms with Gasteiger partial charge in [0.15, 0.2) is 5.82 Å². The van der Waals surface area contributed by atoms with Crippen LogP contribution in [0.2, 0.25) is 0 Å². The van der Waals surface area contributed by atoms with Crippen LogP contribution in [0, 0.1) is 0 Å². The first-order valence-corrected chi connectivity index (χ1v) is 23.1. The fraction of sp³-hybridized carbons (Fsp3) is 0. The Morgan fingerprint density at radius 1 is 0.221 bits per heavy atom. The van der Waals surface area contributed by atoms with E-state index in [1.54, 1.807) is 0 Å². The topological polar surface area (TPSA) is 35.6 Å². The molecule has 0 N–H and O–H groups in total. The van der Waals surface area contributed by atoms with E-state index < -0.39 is 0 Å². The summed E-state index contributed by atoms with van der Waals surface area (Å²) in [4.78, 5) is 10.2. The van der Waals surface area contributed by atoms with Gasteiger partial charge in [-0.15, -0.1) is 0 Å². The summed E-state index contributed by atoms with van der Waals surface area (Å²) in [5.74, 6) is 0.699. The Hall–Kier alpha value is -9.12. The molecule has 0 bridgehead atoms. The lowest BCUT2D eigenvalue weighted by atomic mass is 9.98. The van der Waals surface area contributed by atoms with E-state index in [-0.39, 0.29) is 0 Å². The van der Waals surface area contributed by atoms with Gasteiger partial charge >= 0.3 is 0 Å². The lowest BCUT2D eigenvalue weighted by Gasteiger charge is -2.14. The average molecular weight is 867 g/mol. The molecule has 0 aliphatic rings. The van der Waals surface area contributed by atoms with Crippen molar-refractivity contribution in [1.29, 1.82) is 0 Å². The van der Waals surface area contributed by atoms with Crippen molar-refractivity contribution < 1.29 is 0 Å². The summed E-state index contributed by atoms with van der Waals surface area (Å²) < 4.78 is 4.86. The summed E-state index contributed by atoms with van der Waals surface area (Å²) in [6, 6.07) is 91.3. The summed E-state index contributed by atoms with van der Waals surface area (Å²) in [6.45, 7) is 0. The van der Waals surface area contributed by atoms with Crippen LogP contribution < -0.4 is 0 Å². The molecule has 0 saturated heterocycles. The zero-order chi connectivity index (χ0) is 45.0. The molecule has 0 aliphatic heterocycles. The van der Waals surface area contributed by atoms with Crippen LogP contribution in [0.15, 0.2) is 255 Å². The van der Waals surface area contributed by atoms with Crippen LogP contribution in [0.4, 0.5) is 0 Å². The summed E-state index contributed by atoms with van der Waals surface area (Å²) in [5, 5.41) is 4.86. The highest BCUT2D eigenvalue weighted by Crippen LogP contribution is 2.40. The van der Waals surface area contributed by atoms with E-state index in [0.29, 0.717) is 5.82 Å². The molecule has 68 heavy (non-hydrogen) atoms. The minimum atomic E-state index is 0.699. The molecule has 4 heteroatoms. The highest BCUT2D eigenvalue weighted by atomic mass is 15.0. The first kappa shape index (κ1) is 39.3. The lowest BCUT2D eigenvalue weighted by molar-refractivity contribution is 1.16. The van der Waals surface area contributed by atoms with Gasteiger partial charge in [0, 0.05) is 49.6 Å². The fourth-order valence-electron chi connectivity index (χ4n) is 10.1. The summed E-state index contributed by atoms with van der Waals surface area (Å²) in [7, 11) is 0. The van der Waals surface area contributed by atoms with Crippen molar-refractivity contribution in [3.63, 3.8) is 0 Å². The SMILES string of the molecule is c1ccc(-c2cc(-c3ccccc3)cc(-n3c4ccccc4c4ccc(-c5ccc6c7ccccc7n(-c7cccc(-c8cc(-c9ccccc9)nc(-c9ccccc9)n8)c7)c6c5)cc43)c2)cc1. The third-order valence-electron chi connectivity index (χ3n) is 13.3. The normalized spacial score (nSPS) is 11.5. The molecule has 3 aromatic heterocycles. The monoisotopic (exact) mass is 866 g/mol. The van der Waals surface area contributed by atoms with Crippen molar-refractivity contribution in [2.24, 2.45) is 0 Å². The summed E-state index contributed by atoms with van der Waals surface area (Å²) in [6.07, 6.45) is 0. The average Bonchev–Trinajstić information content (AvgIpc) is 3.94. The first-order valence-electron chi connectivity index (χ1n) is 23.1. The third kappa shape index (κ3) is 6.86. The lowest BCUT2D eigenvalue weighted by Crippen LogP contribution is -1.98. The molecule has 13 aromatic rings. The number of nitrogens with zero attached hydrogens (tertiary/aromatic N) is 4. The molecule has 0 amide bonds. The maximum absolute atomic E-state index is 5.19. The predicted molar refractivity (Wildman–Crippen MR) is 283 cm³/mol. The number of hydrogen-bond acceptors (Lipinski definition) is 2. The fourth-order valence-corrected chi connectivity index (χ4v) is 10.1. The van der Waals surface area contributed by atoms with Crippen molar-refractivity contribution in [3.8, 4) is 78.7 Å². The van der Waals surface area contributed by atoms with Gasteiger partial charge in [0.25, 0.3) is 0 Å². The molecular weight excluding hydrogens is 825 g/mol. The number of rotatable bonds is 8. The van der Waals surface area contributed by atoms with E-state index in [1.165, 1.54) is 49.3 Å². The summed E-state index contributed by atoms with van der Waals surface area (Å²) in [5.41, 5.74) is 18.7. The van der Waals surface area contributed by atoms with E-state index >= 15 is 0 Å². The van der Waals surface area contributed by atoms with Crippen molar-refractivity contribution >= 4 is 43.6 Å². The molecule has 0 spiro atoms. The molecule has 10 aromatic carbocycles. The molecule has 318 valence electrons. The second-order valence-corrected chi connectivity index (χ2v) is 17.4. The number of benzene rings is 10. The van der Waals surface area contributed by atoms with Gasteiger partial charge in [-0.05, 0) is 94.0 Å². The van der Waals surface area contributed by atoms with E-state index in [2.05, 4.69) is 240 Å². The van der Waals surface area contributed by atoms with Crippen LogP contribution in [0.3, 0.4) is 0 Å². The van der Waals surface area contributed by atoms with Crippen LogP contribution in [0.25, 0.3) is 122 Å². The van der Waals surface area contributed by atoms with Crippen LogP contribution in [-0.2, 0) is 0 Å². The van der Waals surface area contributed by atoms with Crippen molar-refractivity contribution in [3.05, 3.63) is 255 Å². The zero-order valence-electron chi connectivity index (χ0n) is 37.0. The highest BCUT2D eigenvalue weighted by Gasteiger charge is 2.19. The van der Waals surface area contributed by atoms with E-state index in [0.717, 1.165) is 67.1 Å². The largest absolute Gasteiger partial charge is 0.309 e. The highest BCUT2D eigenvalue weighted by molar-refractivity contribution is 6.12. The zero-order valence-corrected chi connectivity index (χ0v) is 37.0. The minimum Gasteiger partial charge on any atom is -0.309 e. The van der Waals surface area contributed by atoms with Gasteiger partial charge in [-0.25, -0.2) is 9.97 Å². The first-order chi connectivity index (χ1) is 33.7. The Bertz CT molecular complexity index is 3890.